The number of nitrogens with two attached hydrogens (primary N) is 1. The Kier molecular flexibility index (Phi) is 4.76. The van der Waals surface area contributed by atoms with Crippen molar-refractivity contribution in [2.45, 2.75) is 18.9 Å². The van der Waals surface area contributed by atoms with Crippen LogP contribution in [0.3, 0.4) is 0 Å². The highest BCUT2D eigenvalue weighted by Crippen LogP contribution is 2.34. The Labute approximate surface area is 123 Å². The van der Waals surface area contributed by atoms with E-state index in [2.05, 4.69) is 0 Å². The van der Waals surface area contributed by atoms with E-state index in [4.69, 9.17) is 17.3 Å². The highest BCUT2D eigenvalue weighted by molar-refractivity contribution is 6.31. The van der Waals surface area contributed by atoms with E-state index < -0.39 is 11.9 Å². The average molecular weight is 294 g/mol. The highest BCUT2D eigenvalue weighted by atomic mass is 35.5. The summed E-state index contributed by atoms with van der Waals surface area (Å²) in [6.45, 7) is 2.27. The van der Waals surface area contributed by atoms with Crippen LogP contribution >= 0.6 is 11.6 Å². The van der Waals surface area contributed by atoms with Crippen molar-refractivity contribution in [1.29, 1.82) is 0 Å². The topological polar surface area (TPSA) is 46.2 Å². The van der Waals surface area contributed by atoms with Crippen molar-refractivity contribution < 1.29 is 9.50 Å². The zero-order valence-corrected chi connectivity index (χ0v) is 11.9. The van der Waals surface area contributed by atoms with Crippen LogP contribution in [0.1, 0.15) is 28.7 Å². The van der Waals surface area contributed by atoms with Crippen molar-refractivity contribution in [3.63, 3.8) is 0 Å². The summed E-state index contributed by atoms with van der Waals surface area (Å²) in [4.78, 5) is 0. The van der Waals surface area contributed by atoms with Gasteiger partial charge in [0.05, 0.1) is 6.10 Å². The van der Waals surface area contributed by atoms with Crippen LogP contribution in [0.2, 0.25) is 5.02 Å². The van der Waals surface area contributed by atoms with Gasteiger partial charge in [0.1, 0.15) is 5.82 Å². The number of hydrogen-bond donors (Lipinski definition) is 2. The molecule has 0 spiro atoms. The fourth-order valence-corrected chi connectivity index (χ4v) is 2.50. The second-order valence-corrected chi connectivity index (χ2v) is 5.27. The average Bonchev–Trinajstić information content (AvgIpc) is 2.41. The van der Waals surface area contributed by atoms with Gasteiger partial charge in [0.2, 0.25) is 0 Å². The fourth-order valence-electron chi connectivity index (χ4n) is 2.22. The summed E-state index contributed by atoms with van der Waals surface area (Å²) < 4.78 is 13.1. The number of aliphatic hydroxyl groups excluding tert-OH is 1. The Morgan fingerprint density at radius 1 is 1.20 bits per heavy atom. The number of benzene rings is 2. The second-order valence-electron chi connectivity index (χ2n) is 4.86. The van der Waals surface area contributed by atoms with Crippen LogP contribution in [-0.2, 0) is 0 Å². The van der Waals surface area contributed by atoms with E-state index in [0.717, 1.165) is 11.1 Å². The van der Waals surface area contributed by atoms with Gasteiger partial charge in [0.25, 0.3) is 0 Å². The maximum atomic E-state index is 13.1. The van der Waals surface area contributed by atoms with Crippen LogP contribution in [0.5, 0.6) is 0 Å². The summed E-state index contributed by atoms with van der Waals surface area (Å²) in [6.07, 6.45) is -0.865. The molecule has 2 nitrogen and oxygen atoms in total. The molecule has 106 valence electrons. The molecule has 2 rings (SSSR count). The van der Waals surface area contributed by atoms with Crippen molar-refractivity contribution in [2.24, 2.45) is 5.73 Å². The number of halogens is 2. The molecule has 3 N–H and O–H groups in total. The molecule has 0 bridgehead atoms. The minimum Gasteiger partial charge on any atom is -0.388 e. The minimum atomic E-state index is -0.865. The quantitative estimate of drug-likeness (QED) is 0.905. The Balaban J connectivity index is 2.33. The van der Waals surface area contributed by atoms with Crippen LogP contribution in [0.15, 0.2) is 42.5 Å². The molecule has 0 aliphatic carbocycles. The lowest BCUT2D eigenvalue weighted by Gasteiger charge is -2.23. The summed E-state index contributed by atoms with van der Waals surface area (Å²) in [5.74, 6) is -0.704. The molecule has 4 heteroatoms. The second kappa shape index (κ2) is 6.35. The van der Waals surface area contributed by atoms with Gasteiger partial charge in [0, 0.05) is 17.5 Å². The fraction of sp³-hybridized carbons (Fsp3) is 0.250. The third-order valence-electron chi connectivity index (χ3n) is 3.42. The molecule has 0 radical (unpaired) electrons. The van der Waals surface area contributed by atoms with Crippen molar-refractivity contribution in [2.75, 3.05) is 6.54 Å². The van der Waals surface area contributed by atoms with Gasteiger partial charge >= 0.3 is 0 Å². The lowest BCUT2D eigenvalue weighted by atomic mass is 9.89. The number of aliphatic hydroxyl groups is 1. The molecule has 0 aliphatic heterocycles. The van der Waals surface area contributed by atoms with Crippen LogP contribution in [0.4, 0.5) is 4.39 Å². The summed E-state index contributed by atoms with van der Waals surface area (Å²) >= 11 is 6.00. The molecular weight excluding hydrogens is 277 g/mol. The molecule has 0 saturated carbocycles. The molecular formula is C16H17ClFNO. The van der Waals surface area contributed by atoms with E-state index in [-0.39, 0.29) is 17.5 Å². The summed E-state index contributed by atoms with van der Waals surface area (Å²) in [7, 11) is 0. The molecule has 0 fully saturated rings. The molecule has 0 amide bonds. The van der Waals surface area contributed by atoms with Gasteiger partial charge in [-0.05, 0) is 30.2 Å². The van der Waals surface area contributed by atoms with Crippen molar-refractivity contribution in [1.82, 2.24) is 0 Å². The molecule has 2 aromatic carbocycles. The van der Waals surface area contributed by atoms with Gasteiger partial charge in [-0.2, -0.15) is 0 Å². The van der Waals surface area contributed by atoms with Gasteiger partial charge in [-0.25, -0.2) is 4.39 Å². The summed E-state index contributed by atoms with van der Waals surface area (Å²) in [5, 5.41) is 10.7. The van der Waals surface area contributed by atoms with Crippen molar-refractivity contribution in [3.05, 3.63) is 70.0 Å². The Bertz CT molecular complexity index is 586. The van der Waals surface area contributed by atoms with Crippen LogP contribution in [0, 0.1) is 12.7 Å². The zero-order valence-electron chi connectivity index (χ0n) is 11.2. The van der Waals surface area contributed by atoms with E-state index in [1.807, 2.05) is 31.2 Å². The van der Waals surface area contributed by atoms with Crippen molar-refractivity contribution in [3.8, 4) is 0 Å². The first-order valence-corrected chi connectivity index (χ1v) is 6.80. The Morgan fingerprint density at radius 2 is 1.85 bits per heavy atom. The van der Waals surface area contributed by atoms with E-state index in [1.165, 1.54) is 18.2 Å². The predicted octanol–water partition coefficient (Wildman–Crippen LogP) is 3.56. The van der Waals surface area contributed by atoms with Gasteiger partial charge in [0.15, 0.2) is 0 Å². The monoisotopic (exact) mass is 293 g/mol. The molecule has 20 heavy (non-hydrogen) atoms. The first-order valence-electron chi connectivity index (χ1n) is 6.42. The highest BCUT2D eigenvalue weighted by Gasteiger charge is 2.23. The van der Waals surface area contributed by atoms with Gasteiger partial charge < -0.3 is 10.8 Å². The Morgan fingerprint density at radius 3 is 2.40 bits per heavy atom. The number of hydrogen-bond acceptors (Lipinski definition) is 2. The summed E-state index contributed by atoms with van der Waals surface area (Å²) in [5.41, 5.74) is 8.35. The minimum absolute atomic E-state index is 0.211. The van der Waals surface area contributed by atoms with Gasteiger partial charge in [-0.15, -0.1) is 0 Å². The number of rotatable bonds is 4. The lowest BCUT2D eigenvalue weighted by Crippen LogP contribution is -2.20. The molecule has 0 aliphatic rings. The first kappa shape index (κ1) is 15.0. The van der Waals surface area contributed by atoms with Crippen molar-refractivity contribution >= 4 is 11.6 Å². The van der Waals surface area contributed by atoms with Gasteiger partial charge in [-0.3, -0.25) is 0 Å². The predicted molar refractivity (Wildman–Crippen MR) is 79.3 cm³/mol. The maximum absolute atomic E-state index is 13.1. The maximum Gasteiger partial charge on any atom is 0.124 e. The number of aryl methyl sites for hydroxylation is 1. The van der Waals surface area contributed by atoms with E-state index in [1.54, 1.807) is 0 Å². The van der Waals surface area contributed by atoms with E-state index >= 15 is 0 Å². The van der Waals surface area contributed by atoms with Crippen LogP contribution in [-0.4, -0.2) is 11.7 Å². The largest absolute Gasteiger partial charge is 0.388 e. The van der Waals surface area contributed by atoms with Crippen LogP contribution < -0.4 is 5.73 Å². The normalized spacial score (nSPS) is 14.1. The van der Waals surface area contributed by atoms with Gasteiger partial charge in [-0.1, -0.05) is 47.5 Å². The molecule has 2 atom stereocenters. The molecule has 0 saturated heterocycles. The lowest BCUT2D eigenvalue weighted by molar-refractivity contribution is 0.147. The molecule has 0 heterocycles. The third kappa shape index (κ3) is 3.18. The van der Waals surface area contributed by atoms with E-state index in [9.17, 15) is 9.50 Å². The first-order chi connectivity index (χ1) is 9.52. The van der Waals surface area contributed by atoms with Crippen LogP contribution in [0.25, 0.3) is 0 Å². The zero-order chi connectivity index (χ0) is 14.7. The molecule has 2 aromatic rings. The van der Waals surface area contributed by atoms with E-state index in [0.29, 0.717) is 5.56 Å². The Hall–Kier alpha value is -1.42. The molecule has 0 aromatic heterocycles. The smallest absolute Gasteiger partial charge is 0.124 e. The summed E-state index contributed by atoms with van der Waals surface area (Å²) in [6, 6.07) is 11.8. The third-order valence-corrected chi connectivity index (χ3v) is 3.75. The SMILES string of the molecule is Cc1ccc(C(CN)C(O)c2ccc(F)cc2Cl)cc1. The molecule has 2 unspecified atom stereocenters. The standard InChI is InChI=1S/C16H17ClFNO/c1-10-2-4-11(5-3-10)14(9-19)16(20)13-7-6-12(18)8-15(13)17/h2-8,14,16,20H,9,19H2,1H3.